The minimum Gasteiger partial charge on any atom is -0.406 e. The third-order valence-corrected chi connectivity index (χ3v) is 6.44. The normalized spacial score (nSPS) is 14.3. The van der Waals surface area contributed by atoms with Crippen LogP contribution >= 0.6 is 11.6 Å². The van der Waals surface area contributed by atoms with E-state index in [-0.39, 0.29) is 16.9 Å². The third kappa shape index (κ3) is 6.41. The maximum Gasteiger partial charge on any atom is 0.573 e. The first kappa shape index (κ1) is 25.5. The van der Waals surface area contributed by atoms with Crippen LogP contribution in [0.2, 0.25) is 5.02 Å². The molecule has 4 aromatic rings. The third-order valence-electron chi connectivity index (χ3n) is 6.23. The Hall–Kier alpha value is -3.14. The molecule has 1 saturated heterocycles. The van der Waals surface area contributed by atoms with Gasteiger partial charge in [-0.3, -0.25) is 4.98 Å². The van der Waals surface area contributed by atoms with Gasteiger partial charge in [-0.05, 0) is 55.3 Å². The van der Waals surface area contributed by atoms with Crippen LogP contribution in [0, 0.1) is 0 Å². The summed E-state index contributed by atoms with van der Waals surface area (Å²) in [6, 6.07) is 14.2. The summed E-state index contributed by atoms with van der Waals surface area (Å²) in [6.45, 7) is 3.34. The lowest BCUT2D eigenvalue weighted by Gasteiger charge is -2.40. The number of pyridine rings is 2. The zero-order valence-electron chi connectivity index (χ0n) is 20.0. The molecule has 6 nitrogen and oxygen atoms in total. The summed E-state index contributed by atoms with van der Waals surface area (Å²) in [5, 5.41) is 6.71. The average molecular weight is 531 g/mol. The molecule has 37 heavy (non-hydrogen) atoms. The monoisotopic (exact) mass is 530 g/mol. The molecule has 0 atom stereocenters. The fraction of sp³-hybridized carbons (Fsp3) is 0.333. The second-order valence-electron chi connectivity index (χ2n) is 9.00. The molecule has 0 spiro atoms. The summed E-state index contributed by atoms with van der Waals surface area (Å²) in [5.74, 6) is 0.647. The van der Waals surface area contributed by atoms with Crippen molar-refractivity contribution in [3.63, 3.8) is 0 Å². The molecule has 0 amide bonds. The van der Waals surface area contributed by atoms with E-state index in [9.17, 15) is 13.2 Å². The van der Waals surface area contributed by atoms with Gasteiger partial charge in [0.1, 0.15) is 11.6 Å². The molecule has 1 N–H and O–H groups in total. The van der Waals surface area contributed by atoms with Crippen LogP contribution in [-0.4, -0.2) is 48.7 Å². The molecule has 194 valence electrons. The number of fused-ring (bicyclic) bond motifs is 3. The molecule has 0 unspecified atom stereocenters. The minimum absolute atomic E-state index is 0.164. The number of ether oxygens (including phenoxy) is 2. The van der Waals surface area contributed by atoms with Gasteiger partial charge in [-0.25, -0.2) is 4.98 Å². The van der Waals surface area contributed by atoms with Crippen LogP contribution in [0.4, 0.5) is 19.0 Å². The van der Waals surface area contributed by atoms with E-state index in [0.29, 0.717) is 25.3 Å². The Morgan fingerprint density at radius 3 is 2.70 bits per heavy atom. The molecule has 2 aromatic heterocycles. The van der Waals surface area contributed by atoms with Gasteiger partial charge in [0, 0.05) is 59.8 Å². The highest BCUT2D eigenvalue weighted by atomic mass is 35.5. The van der Waals surface area contributed by atoms with Gasteiger partial charge in [-0.15, -0.1) is 13.2 Å². The Morgan fingerprint density at radius 2 is 1.86 bits per heavy atom. The van der Waals surface area contributed by atoms with E-state index >= 15 is 0 Å². The van der Waals surface area contributed by atoms with Crippen molar-refractivity contribution in [2.24, 2.45) is 0 Å². The van der Waals surface area contributed by atoms with E-state index in [2.05, 4.69) is 26.0 Å². The number of halogens is 4. The predicted molar refractivity (Wildman–Crippen MR) is 138 cm³/mol. The summed E-state index contributed by atoms with van der Waals surface area (Å²) < 4.78 is 47.3. The molecule has 2 aromatic carbocycles. The zero-order chi connectivity index (χ0) is 25.8. The number of anilines is 1. The van der Waals surface area contributed by atoms with Crippen molar-refractivity contribution >= 4 is 39.1 Å². The van der Waals surface area contributed by atoms with Gasteiger partial charge in [-0.2, -0.15) is 0 Å². The Bertz CT molecular complexity index is 1380. The highest BCUT2D eigenvalue weighted by molar-refractivity contribution is 6.30. The Morgan fingerprint density at radius 1 is 1.03 bits per heavy atom. The second kappa shape index (κ2) is 11.1. The van der Waals surface area contributed by atoms with Crippen LogP contribution in [0.25, 0.3) is 21.7 Å². The predicted octanol–water partition coefficient (Wildman–Crippen LogP) is 6.11. The SMILES string of the molecule is FC(F)(F)Oc1cc(Cl)cc(CNCCCCOC2CN(c3nc4ccccc4c4cnccc34)C2)c1. The van der Waals surface area contributed by atoms with Gasteiger partial charge in [0.25, 0.3) is 0 Å². The van der Waals surface area contributed by atoms with Crippen molar-refractivity contribution in [3.05, 3.63) is 71.5 Å². The number of benzene rings is 2. The Labute approximate surface area is 217 Å². The van der Waals surface area contributed by atoms with E-state index in [0.717, 1.165) is 59.5 Å². The maximum absolute atomic E-state index is 12.4. The molecular weight excluding hydrogens is 505 g/mol. The number of nitrogens with one attached hydrogen (secondary N) is 1. The van der Waals surface area contributed by atoms with Crippen LogP contribution in [0.5, 0.6) is 5.75 Å². The summed E-state index contributed by atoms with van der Waals surface area (Å²) in [7, 11) is 0. The van der Waals surface area contributed by atoms with Gasteiger partial charge < -0.3 is 19.7 Å². The van der Waals surface area contributed by atoms with E-state index in [1.807, 2.05) is 30.5 Å². The van der Waals surface area contributed by atoms with Gasteiger partial charge in [-0.1, -0.05) is 29.8 Å². The Kier molecular flexibility index (Phi) is 7.64. The van der Waals surface area contributed by atoms with E-state index in [1.54, 1.807) is 12.3 Å². The molecule has 3 heterocycles. The highest BCUT2D eigenvalue weighted by Gasteiger charge is 2.31. The van der Waals surface area contributed by atoms with Crippen LogP contribution in [0.1, 0.15) is 18.4 Å². The molecule has 1 fully saturated rings. The fourth-order valence-electron chi connectivity index (χ4n) is 4.48. The molecule has 5 rings (SSSR count). The molecular formula is C27H26ClF3N4O2. The summed E-state index contributed by atoms with van der Waals surface area (Å²) in [4.78, 5) is 11.4. The average Bonchev–Trinajstić information content (AvgIpc) is 2.83. The number of nitrogens with zero attached hydrogens (tertiary/aromatic N) is 3. The van der Waals surface area contributed by atoms with E-state index in [4.69, 9.17) is 21.3 Å². The summed E-state index contributed by atoms with van der Waals surface area (Å²) in [5.41, 5.74) is 1.58. The number of para-hydroxylation sites is 1. The van der Waals surface area contributed by atoms with Crippen molar-refractivity contribution in [1.29, 1.82) is 0 Å². The molecule has 0 radical (unpaired) electrons. The topological polar surface area (TPSA) is 59.5 Å². The molecule has 0 aliphatic carbocycles. The first-order chi connectivity index (χ1) is 17.9. The zero-order valence-corrected chi connectivity index (χ0v) is 20.7. The quantitative estimate of drug-likeness (QED) is 0.197. The number of hydrogen-bond donors (Lipinski definition) is 1. The van der Waals surface area contributed by atoms with Crippen molar-refractivity contribution < 1.29 is 22.6 Å². The lowest BCUT2D eigenvalue weighted by molar-refractivity contribution is -0.274. The molecule has 1 aliphatic rings. The maximum atomic E-state index is 12.4. The van der Waals surface area contributed by atoms with Crippen molar-refractivity contribution in [1.82, 2.24) is 15.3 Å². The number of aromatic nitrogens is 2. The smallest absolute Gasteiger partial charge is 0.406 e. The number of hydrogen-bond acceptors (Lipinski definition) is 6. The van der Waals surface area contributed by atoms with E-state index < -0.39 is 6.36 Å². The summed E-state index contributed by atoms with van der Waals surface area (Å²) >= 11 is 5.91. The van der Waals surface area contributed by atoms with Crippen molar-refractivity contribution in [3.8, 4) is 5.75 Å². The van der Waals surface area contributed by atoms with Crippen LogP contribution in [0.3, 0.4) is 0 Å². The summed E-state index contributed by atoms with van der Waals surface area (Å²) in [6.07, 6.45) is 0.871. The van der Waals surface area contributed by atoms with Crippen LogP contribution in [0.15, 0.2) is 60.9 Å². The first-order valence-electron chi connectivity index (χ1n) is 12.1. The van der Waals surface area contributed by atoms with Crippen molar-refractivity contribution in [2.45, 2.75) is 31.9 Å². The van der Waals surface area contributed by atoms with Gasteiger partial charge in [0.05, 0.1) is 11.6 Å². The van der Waals surface area contributed by atoms with E-state index in [1.165, 1.54) is 6.07 Å². The molecule has 0 saturated carbocycles. The van der Waals surface area contributed by atoms with Gasteiger partial charge in [0.15, 0.2) is 0 Å². The standard InChI is InChI=1S/C27H26ClF3N4O2/c28-19-11-18(12-20(13-19)37-27(29,30)31)14-32-8-3-4-10-36-21-16-35(17-21)26-23-7-9-33-15-24(23)22-5-1-2-6-25(22)34-26/h1-2,5-7,9,11-13,15,21,32H,3-4,8,10,14,16-17H2. The molecule has 0 bridgehead atoms. The molecule has 1 aliphatic heterocycles. The minimum atomic E-state index is -4.75. The van der Waals surface area contributed by atoms with Gasteiger partial charge >= 0.3 is 6.36 Å². The largest absolute Gasteiger partial charge is 0.573 e. The first-order valence-corrected chi connectivity index (χ1v) is 12.5. The highest BCUT2D eigenvalue weighted by Crippen LogP contribution is 2.33. The number of alkyl halides is 3. The van der Waals surface area contributed by atoms with Crippen LogP contribution < -0.4 is 15.0 Å². The lowest BCUT2D eigenvalue weighted by atomic mass is 10.1. The second-order valence-corrected chi connectivity index (χ2v) is 9.43. The fourth-order valence-corrected chi connectivity index (χ4v) is 4.73. The lowest BCUT2D eigenvalue weighted by Crippen LogP contribution is -2.52. The van der Waals surface area contributed by atoms with Crippen molar-refractivity contribution in [2.75, 3.05) is 31.1 Å². The van der Waals surface area contributed by atoms with Crippen LogP contribution in [-0.2, 0) is 11.3 Å². The molecule has 10 heteroatoms. The Balaban J connectivity index is 1.03. The number of rotatable bonds is 10. The number of unbranched alkanes of at least 4 members (excludes halogenated alkanes) is 1. The van der Waals surface area contributed by atoms with Gasteiger partial charge in [0.2, 0.25) is 0 Å².